The van der Waals surface area contributed by atoms with Gasteiger partial charge in [0.25, 0.3) is 0 Å². The molecule has 2 saturated carbocycles. The Labute approximate surface area is 253 Å². The van der Waals surface area contributed by atoms with Crippen molar-refractivity contribution in [2.75, 3.05) is 29.5 Å². The van der Waals surface area contributed by atoms with Gasteiger partial charge in [0.1, 0.15) is 22.4 Å². The fourth-order valence-corrected chi connectivity index (χ4v) is 7.56. The van der Waals surface area contributed by atoms with Gasteiger partial charge in [-0.25, -0.2) is 9.37 Å². The van der Waals surface area contributed by atoms with Crippen LogP contribution >= 0.6 is 11.3 Å². The molecule has 43 heavy (non-hydrogen) atoms. The minimum absolute atomic E-state index is 0.0320. The third kappa shape index (κ3) is 7.04. The minimum atomic E-state index is -4.71. The number of hydrogen-bond acceptors (Lipinski definition) is 8. The van der Waals surface area contributed by atoms with E-state index in [2.05, 4.69) is 16.3 Å². The van der Waals surface area contributed by atoms with Crippen LogP contribution < -0.4 is 21.7 Å². The Kier molecular flexibility index (Phi) is 8.85. The molecule has 1 saturated heterocycles. The molecule has 5 N–H and O–H groups in total. The van der Waals surface area contributed by atoms with E-state index in [0.29, 0.717) is 60.5 Å². The summed E-state index contributed by atoms with van der Waals surface area (Å²) in [6, 6.07) is 9.80. The van der Waals surface area contributed by atoms with Crippen molar-refractivity contribution in [3.63, 3.8) is 0 Å². The van der Waals surface area contributed by atoms with Gasteiger partial charge in [-0.05, 0) is 62.0 Å². The van der Waals surface area contributed by atoms with E-state index >= 15 is 0 Å². The molecule has 8 nitrogen and oxygen atoms in total. The number of carbonyl (C=O) groups excluding carboxylic acids is 1. The zero-order valence-corrected chi connectivity index (χ0v) is 24.8. The van der Waals surface area contributed by atoms with Crippen LogP contribution in [0, 0.1) is 17.2 Å². The number of rotatable bonds is 7. The summed E-state index contributed by atoms with van der Waals surface area (Å²) < 4.78 is 65.2. The average Bonchev–Trinajstić information content (AvgIpc) is 3.62. The number of carbonyl (C=O) groups is 1. The molecule has 3 atom stereocenters. The van der Waals surface area contributed by atoms with Crippen LogP contribution in [0.4, 0.5) is 23.2 Å². The fourth-order valence-electron chi connectivity index (χ4n) is 5.43. The quantitative estimate of drug-likeness (QED) is 0.301. The van der Waals surface area contributed by atoms with Crippen molar-refractivity contribution >= 4 is 39.4 Å². The first-order valence-corrected chi connectivity index (χ1v) is 16.3. The highest BCUT2D eigenvalue weighted by Crippen LogP contribution is 2.46. The maximum Gasteiger partial charge on any atom is 0.430 e. The molecule has 2 aliphatic carbocycles. The summed E-state index contributed by atoms with van der Waals surface area (Å²) in [5.41, 5.74) is 11.3. The highest BCUT2D eigenvalue weighted by molar-refractivity contribution is 7.85. The van der Waals surface area contributed by atoms with Gasteiger partial charge < -0.3 is 21.7 Å². The number of hydrogen-bond donors (Lipinski definition) is 3. The summed E-state index contributed by atoms with van der Waals surface area (Å²) in [6.07, 6.45) is -2.60. The summed E-state index contributed by atoms with van der Waals surface area (Å²) in [4.78, 5) is 20.9. The van der Waals surface area contributed by atoms with E-state index < -0.39 is 52.1 Å². The molecule has 5 rings (SSSR count). The van der Waals surface area contributed by atoms with E-state index in [1.807, 2.05) is 24.3 Å². The predicted molar refractivity (Wildman–Crippen MR) is 159 cm³/mol. The number of nitriles is 1. The monoisotopic (exact) mass is 636 g/mol. The molecule has 1 aliphatic heterocycles. The molecular formula is C29H32F4N6O2S2. The van der Waals surface area contributed by atoms with Gasteiger partial charge >= 0.3 is 6.18 Å². The summed E-state index contributed by atoms with van der Waals surface area (Å²) in [5, 5.41) is 12.5. The number of aromatic nitrogens is 1. The van der Waals surface area contributed by atoms with Crippen LogP contribution in [0.15, 0.2) is 42.1 Å². The highest BCUT2D eigenvalue weighted by atomic mass is 32.2. The Hall–Kier alpha value is -3.44. The lowest BCUT2D eigenvalue weighted by Crippen LogP contribution is -2.44. The lowest BCUT2D eigenvalue weighted by atomic mass is 9.75. The Morgan fingerprint density at radius 3 is 2.44 bits per heavy atom. The van der Waals surface area contributed by atoms with Gasteiger partial charge in [-0.3, -0.25) is 9.00 Å². The number of nitrogens with one attached hydrogen (secondary N) is 1. The summed E-state index contributed by atoms with van der Waals surface area (Å²) in [6.45, 7) is 1.34. The third-order valence-corrected chi connectivity index (χ3v) is 10.6. The molecule has 2 aromatic rings. The SMILES string of the molecule is N#CC1(NC(=O)C2C[C@@H](F)CC[C@H]2c2nc(/C(N)=C/C=C(\N)C(F)(F)F)sc2-c2ccc(N3CCS(=O)CC3)cc2)CC1. The zero-order valence-electron chi connectivity index (χ0n) is 23.2. The van der Waals surface area contributed by atoms with E-state index in [4.69, 9.17) is 16.5 Å². The van der Waals surface area contributed by atoms with Crippen molar-refractivity contribution in [1.82, 2.24) is 10.3 Å². The largest absolute Gasteiger partial charge is 0.430 e. The lowest BCUT2D eigenvalue weighted by Gasteiger charge is -2.32. The van der Waals surface area contributed by atoms with E-state index in [1.54, 1.807) is 0 Å². The number of amides is 1. The van der Waals surface area contributed by atoms with Crippen molar-refractivity contribution in [2.24, 2.45) is 17.4 Å². The minimum Gasteiger partial charge on any atom is -0.396 e. The van der Waals surface area contributed by atoms with Crippen molar-refractivity contribution in [2.45, 2.75) is 55.9 Å². The number of benzene rings is 1. The molecule has 3 aliphatic rings. The first kappa shape index (κ1) is 31.0. The Morgan fingerprint density at radius 2 is 1.84 bits per heavy atom. The molecule has 0 spiro atoms. The van der Waals surface area contributed by atoms with Crippen LogP contribution in [0.2, 0.25) is 0 Å². The Bertz CT molecular complexity index is 1480. The van der Waals surface area contributed by atoms with Gasteiger partial charge in [0, 0.05) is 52.9 Å². The standard InChI is InChI=1S/C29H32F4N6O2S2/c30-18-3-6-20(21(15-18)26(40)38-28(16-34)9-10-28)24-25(42-27(37-24)22(35)7-8-23(36)29(31,32)33)17-1-4-19(5-2-17)39-11-13-43(41)14-12-39/h1-2,4-5,7-8,18,20-21H,3,6,9-15,35-36H2,(H,38,40)/b22-7-,23-8-/t18-,20+,21?/m0/s1. The van der Waals surface area contributed by atoms with Gasteiger partial charge in [0.05, 0.1) is 22.3 Å². The second-order valence-electron chi connectivity index (χ2n) is 11.2. The molecular weight excluding hydrogens is 604 g/mol. The molecule has 230 valence electrons. The Balaban J connectivity index is 1.52. The fraction of sp³-hybridized carbons (Fsp3) is 0.483. The lowest BCUT2D eigenvalue weighted by molar-refractivity contribution is -0.128. The first-order valence-electron chi connectivity index (χ1n) is 14.0. The van der Waals surface area contributed by atoms with Crippen molar-refractivity contribution in [3.05, 3.63) is 52.8 Å². The summed E-state index contributed by atoms with van der Waals surface area (Å²) in [5.74, 6) is -0.508. The second-order valence-corrected chi connectivity index (χ2v) is 13.9. The van der Waals surface area contributed by atoms with E-state index in [9.17, 15) is 31.8 Å². The number of alkyl halides is 4. The van der Waals surface area contributed by atoms with Crippen LogP contribution in [-0.2, 0) is 15.6 Å². The molecule has 1 amide bonds. The molecule has 0 bridgehead atoms. The maximum atomic E-state index is 14.7. The van der Waals surface area contributed by atoms with Crippen LogP contribution in [-0.4, -0.2) is 57.6 Å². The van der Waals surface area contributed by atoms with Crippen LogP contribution in [0.5, 0.6) is 0 Å². The molecule has 3 fully saturated rings. The van der Waals surface area contributed by atoms with Gasteiger partial charge in [0.15, 0.2) is 0 Å². The summed E-state index contributed by atoms with van der Waals surface area (Å²) in [7, 11) is -0.817. The van der Waals surface area contributed by atoms with Crippen molar-refractivity contribution in [3.8, 4) is 16.5 Å². The van der Waals surface area contributed by atoms with E-state index in [1.165, 1.54) is 11.3 Å². The third-order valence-electron chi connectivity index (χ3n) is 8.14. The van der Waals surface area contributed by atoms with Crippen LogP contribution in [0.1, 0.15) is 48.7 Å². The number of anilines is 1. The number of nitrogens with zero attached hydrogens (tertiary/aromatic N) is 3. The van der Waals surface area contributed by atoms with E-state index in [-0.39, 0.29) is 23.5 Å². The zero-order chi connectivity index (χ0) is 30.9. The van der Waals surface area contributed by atoms with Gasteiger partial charge in [-0.2, -0.15) is 18.4 Å². The number of halogens is 4. The molecule has 0 radical (unpaired) electrons. The number of thiazole rings is 1. The molecule has 1 unspecified atom stereocenters. The van der Waals surface area contributed by atoms with Crippen LogP contribution in [0.25, 0.3) is 16.1 Å². The summed E-state index contributed by atoms with van der Waals surface area (Å²) >= 11 is 1.17. The van der Waals surface area contributed by atoms with Crippen molar-refractivity contribution in [1.29, 1.82) is 5.26 Å². The average molecular weight is 637 g/mol. The van der Waals surface area contributed by atoms with E-state index in [0.717, 1.165) is 17.3 Å². The number of allylic oxidation sites excluding steroid dienone is 3. The predicted octanol–water partition coefficient (Wildman–Crippen LogP) is 4.48. The Morgan fingerprint density at radius 1 is 1.16 bits per heavy atom. The molecule has 1 aromatic carbocycles. The molecule has 1 aromatic heterocycles. The van der Waals surface area contributed by atoms with Crippen LogP contribution in [0.3, 0.4) is 0 Å². The highest BCUT2D eigenvalue weighted by Gasteiger charge is 2.48. The normalized spacial score (nSPS) is 24.8. The first-order chi connectivity index (χ1) is 20.4. The molecule has 14 heteroatoms. The second kappa shape index (κ2) is 12.3. The topological polar surface area (TPSA) is 138 Å². The van der Waals surface area contributed by atoms with Gasteiger partial charge in [-0.1, -0.05) is 12.1 Å². The van der Waals surface area contributed by atoms with Crippen molar-refractivity contribution < 1.29 is 26.6 Å². The maximum absolute atomic E-state index is 14.7. The molecule has 2 heterocycles. The smallest absolute Gasteiger partial charge is 0.396 e. The number of nitrogens with two attached hydrogens (primary N) is 2. The van der Waals surface area contributed by atoms with Gasteiger partial charge in [-0.15, -0.1) is 11.3 Å². The van der Waals surface area contributed by atoms with Gasteiger partial charge in [0.2, 0.25) is 5.91 Å².